The Morgan fingerprint density at radius 1 is 1.24 bits per heavy atom. The van der Waals surface area contributed by atoms with Gasteiger partial charge in [0.05, 0.1) is 0 Å². The molecule has 0 radical (unpaired) electrons. The van der Waals surface area contributed by atoms with Crippen molar-refractivity contribution in [1.82, 2.24) is 10.2 Å². The summed E-state index contributed by atoms with van der Waals surface area (Å²) in [5, 5.41) is 4.42. The van der Waals surface area contributed by atoms with Crippen LogP contribution in [0.3, 0.4) is 0 Å². The maximum Gasteiger partial charge on any atom is 0.289 e. The molecular formula is C16H21ClN2O2. The van der Waals surface area contributed by atoms with Crippen LogP contribution in [0, 0.1) is 6.92 Å². The highest BCUT2D eigenvalue weighted by Crippen LogP contribution is 2.22. The molecule has 1 aliphatic heterocycles. The summed E-state index contributed by atoms with van der Waals surface area (Å²) in [5.74, 6) is 0.422. The van der Waals surface area contributed by atoms with Gasteiger partial charge in [0.1, 0.15) is 5.58 Å². The fourth-order valence-electron chi connectivity index (χ4n) is 2.92. The molecule has 1 aliphatic rings. The molecular weight excluding hydrogens is 288 g/mol. The van der Waals surface area contributed by atoms with Crippen LogP contribution in [0.5, 0.6) is 0 Å². The van der Waals surface area contributed by atoms with Crippen molar-refractivity contribution in [2.75, 3.05) is 13.1 Å². The van der Waals surface area contributed by atoms with Crippen LogP contribution in [0.25, 0.3) is 11.0 Å². The van der Waals surface area contributed by atoms with Gasteiger partial charge in [-0.15, -0.1) is 12.4 Å². The van der Waals surface area contributed by atoms with Crippen LogP contribution in [0.2, 0.25) is 0 Å². The summed E-state index contributed by atoms with van der Waals surface area (Å²) in [7, 11) is 0. The molecule has 0 bridgehead atoms. The van der Waals surface area contributed by atoms with Gasteiger partial charge in [-0.05, 0) is 39.0 Å². The molecule has 2 aromatic rings. The summed E-state index contributed by atoms with van der Waals surface area (Å²) in [5.41, 5.74) is 1.94. The number of fused-ring (bicyclic) bond motifs is 1. The first-order valence-corrected chi connectivity index (χ1v) is 7.08. The van der Waals surface area contributed by atoms with Gasteiger partial charge in [0.15, 0.2) is 5.76 Å². The molecule has 2 unspecified atom stereocenters. The molecule has 0 aliphatic carbocycles. The highest BCUT2D eigenvalue weighted by Gasteiger charge is 2.27. The number of nitrogens with zero attached hydrogens (tertiary/aromatic N) is 1. The van der Waals surface area contributed by atoms with Gasteiger partial charge in [0.25, 0.3) is 5.91 Å². The number of rotatable bonds is 1. The summed E-state index contributed by atoms with van der Waals surface area (Å²) in [6.45, 7) is 7.67. The standard InChI is InChI=1S/C16H20N2O2.ClH/c1-10-4-5-14-13(6-10)7-15(20-14)16(19)18-8-11(2)17-12(3)9-18;/h4-7,11-12,17H,8-9H2,1-3H3;1H. The Morgan fingerprint density at radius 2 is 1.90 bits per heavy atom. The van der Waals surface area contributed by atoms with E-state index in [1.54, 1.807) is 0 Å². The van der Waals surface area contributed by atoms with Gasteiger partial charge in [-0.1, -0.05) is 11.6 Å². The molecule has 1 amide bonds. The molecule has 1 aromatic heterocycles. The lowest BCUT2D eigenvalue weighted by molar-refractivity contribution is 0.0644. The van der Waals surface area contributed by atoms with Crippen LogP contribution in [-0.4, -0.2) is 36.0 Å². The lowest BCUT2D eigenvalue weighted by Crippen LogP contribution is -2.55. The van der Waals surface area contributed by atoms with Crippen LogP contribution in [0.4, 0.5) is 0 Å². The molecule has 1 saturated heterocycles. The first kappa shape index (κ1) is 15.9. The predicted octanol–water partition coefficient (Wildman–Crippen LogP) is 2.99. The Morgan fingerprint density at radius 3 is 2.57 bits per heavy atom. The van der Waals surface area contributed by atoms with Gasteiger partial charge in [-0.2, -0.15) is 0 Å². The largest absolute Gasteiger partial charge is 0.451 e. The fraction of sp³-hybridized carbons (Fsp3) is 0.438. The van der Waals surface area contributed by atoms with Crippen molar-refractivity contribution >= 4 is 29.3 Å². The van der Waals surface area contributed by atoms with Crippen molar-refractivity contribution < 1.29 is 9.21 Å². The van der Waals surface area contributed by atoms with E-state index < -0.39 is 0 Å². The Bertz CT molecular complexity index is 643. The van der Waals surface area contributed by atoms with Crippen molar-refractivity contribution in [3.63, 3.8) is 0 Å². The summed E-state index contributed by atoms with van der Waals surface area (Å²) in [6, 6.07) is 8.43. The molecule has 0 saturated carbocycles. The van der Waals surface area contributed by atoms with Crippen LogP contribution in [0.1, 0.15) is 30.0 Å². The minimum absolute atomic E-state index is 0. The van der Waals surface area contributed by atoms with Crippen molar-refractivity contribution in [2.45, 2.75) is 32.9 Å². The first-order valence-electron chi connectivity index (χ1n) is 7.08. The smallest absolute Gasteiger partial charge is 0.289 e. The number of carbonyl (C=O) groups excluding carboxylic acids is 1. The lowest BCUT2D eigenvalue weighted by Gasteiger charge is -2.35. The number of hydrogen-bond acceptors (Lipinski definition) is 3. The van der Waals surface area contributed by atoms with Crippen LogP contribution >= 0.6 is 12.4 Å². The van der Waals surface area contributed by atoms with Crippen molar-refractivity contribution in [1.29, 1.82) is 0 Å². The van der Waals surface area contributed by atoms with E-state index in [0.717, 1.165) is 24.1 Å². The van der Waals surface area contributed by atoms with Gasteiger partial charge in [-0.3, -0.25) is 4.79 Å². The second-order valence-corrected chi connectivity index (χ2v) is 5.83. The zero-order chi connectivity index (χ0) is 14.3. The molecule has 114 valence electrons. The Hall–Kier alpha value is -1.52. The number of aryl methyl sites for hydroxylation is 1. The zero-order valence-corrected chi connectivity index (χ0v) is 13.4. The minimum atomic E-state index is -0.0148. The number of carbonyl (C=O) groups is 1. The molecule has 2 atom stereocenters. The van der Waals surface area contributed by atoms with Crippen molar-refractivity contribution in [3.05, 3.63) is 35.6 Å². The van der Waals surface area contributed by atoms with Gasteiger partial charge in [-0.25, -0.2) is 0 Å². The summed E-state index contributed by atoms with van der Waals surface area (Å²) >= 11 is 0. The van der Waals surface area contributed by atoms with E-state index in [1.807, 2.05) is 36.1 Å². The summed E-state index contributed by atoms with van der Waals surface area (Å²) in [6.07, 6.45) is 0. The Balaban J connectivity index is 0.00000161. The zero-order valence-electron chi connectivity index (χ0n) is 12.6. The minimum Gasteiger partial charge on any atom is -0.451 e. The number of amides is 1. The predicted molar refractivity (Wildman–Crippen MR) is 86.2 cm³/mol. The number of nitrogens with one attached hydrogen (secondary N) is 1. The second-order valence-electron chi connectivity index (χ2n) is 5.83. The molecule has 0 spiro atoms. The van der Waals surface area contributed by atoms with Gasteiger partial charge < -0.3 is 14.6 Å². The topological polar surface area (TPSA) is 45.5 Å². The number of piperazine rings is 1. The van der Waals surface area contributed by atoms with E-state index in [9.17, 15) is 4.79 Å². The molecule has 1 fully saturated rings. The first-order chi connectivity index (χ1) is 9.52. The number of furan rings is 1. The molecule has 21 heavy (non-hydrogen) atoms. The van der Waals surface area contributed by atoms with Crippen LogP contribution in [-0.2, 0) is 0 Å². The molecule has 1 aromatic carbocycles. The molecule has 1 N–H and O–H groups in total. The molecule has 3 rings (SSSR count). The van der Waals surface area contributed by atoms with Crippen molar-refractivity contribution in [2.24, 2.45) is 0 Å². The van der Waals surface area contributed by atoms with Crippen LogP contribution in [0.15, 0.2) is 28.7 Å². The fourth-order valence-corrected chi connectivity index (χ4v) is 2.92. The number of benzene rings is 1. The highest BCUT2D eigenvalue weighted by molar-refractivity contribution is 5.96. The average Bonchev–Trinajstić information content (AvgIpc) is 2.79. The Labute approximate surface area is 130 Å². The SMILES string of the molecule is Cc1ccc2oc(C(=O)N3CC(C)NC(C)C3)cc2c1.Cl. The normalized spacial score (nSPS) is 22.1. The van der Waals surface area contributed by atoms with E-state index in [1.165, 1.54) is 5.56 Å². The van der Waals surface area contributed by atoms with Gasteiger partial charge in [0.2, 0.25) is 0 Å². The van der Waals surface area contributed by atoms with E-state index in [-0.39, 0.29) is 18.3 Å². The summed E-state index contributed by atoms with van der Waals surface area (Å²) in [4.78, 5) is 14.4. The molecule has 2 heterocycles. The third kappa shape index (κ3) is 3.22. The van der Waals surface area contributed by atoms with Crippen LogP contribution < -0.4 is 5.32 Å². The Kier molecular flexibility index (Phi) is 4.59. The monoisotopic (exact) mass is 308 g/mol. The molecule has 5 heteroatoms. The van der Waals surface area contributed by atoms with E-state index >= 15 is 0 Å². The number of hydrogen-bond donors (Lipinski definition) is 1. The lowest BCUT2D eigenvalue weighted by atomic mass is 10.1. The van der Waals surface area contributed by atoms with Crippen molar-refractivity contribution in [3.8, 4) is 0 Å². The third-order valence-electron chi connectivity index (χ3n) is 3.73. The van der Waals surface area contributed by atoms with Gasteiger partial charge in [0, 0.05) is 30.6 Å². The van der Waals surface area contributed by atoms with Gasteiger partial charge >= 0.3 is 0 Å². The third-order valence-corrected chi connectivity index (χ3v) is 3.73. The maximum absolute atomic E-state index is 12.5. The average molecular weight is 309 g/mol. The van der Waals surface area contributed by atoms with E-state index in [0.29, 0.717) is 17.8 Å². The highest BCUT2D eigenvalue weighted by atomic mass is 35.5. The number of halogens is 1. The van der Waals surface area contributed by atoms with E-state index in [4.69, 9.17) is 4.42 Å². The van der Waals surface area contributed by atoms with E-state index in [2.05, 4.69) is 19.2 Å². The maximum atomic E-state index is 12.5. The molecule has 4 nitrogen and oxygen atoms in total. The quantitative estimate of drug-likeness (QED) is 0.881. The second kappa shape index (κ2) is 6.08. The summed E-state index contributed by atoms with van der Waals surface area (Å²) < 4.78 is 5.70.